The number of benzene rings is 1. The van der Waals surface area contributed by atoms with Gasteiger partial charge in [-0.25, -0.2) is 4.98 Å². The summed E-state index contributed by atoms with van der Waals surface area (Å²) in [6, 6.07) is 12.2. The van der Waals surface area contributed by atoms with Crippen LogP contribution in [0.4, 0.5) is 5.82 Å². The van der Waals surface area contributed by atoms with Crippen molar-refractivity contribution in [2.24, 2.45) is 0 Å². The van der Waals surface area contributed by atoms with Crippen molar-refractivity contribution in [1.29, 1.82) is 0 Å². The van der Waals surface area contributed by atoms with Crippen LogP contribution >= 0.6 is 0 Å². The standard InChI is InChI=1S/C22H28N4O2/c1-16-3-5-18(6-4-16)15-25-10-9-20(22(25)28)26-12-11-24(14-17(26)2)21-8-7-19(27)13-23-21/h3-8,13,17,20,27H,9-12,14-15H2,1-2H3/t17?,20-/m1/s1. The zero-order valence-corrected chi connectivity index (χ0v) is 16.6. The van der Waals surface area contributed by atoms with Gasteiger partial charge in [0.1, 0.15) is 11.6 Å². The lowest BCUT2D eigenvalue weighted by Gasteiger charge is -2.42. The molecule has 1 amide bonds. The van der Waals surface area contributed by atoms with Crippen molar-refractivity contribution >= 4 is 11.7 Å². The Hall–Kier alpha value is -2.60. The van der Waals surface area contributed by atoms with Gasteiger partial charge < -0.3 is 14.9 Å². The molecule has 2 aliphatic heterocycles. The molecule has 6 nitrogen and oxygen atoms in total. The fraction of sp³-hybridized carbons (Fsp3) is 0.455. The number of hydrogen-bond donors (Lipinski definition) is 1. The second kappa shape index (κ2) is 7.80. The molecule has 6 heteroatoms. The van der Waals surface area contributed by atoms with E-state index < -0.39 is 0 Å². The molecule has 0 bridgehead atoms. The zero-order chi connectivity index (χ0) is 19.7. The molecule has 0 aliphatic carbocycles. The number of aromatic hydroxyl groups is 1. The number of likely N-dealkylation sites (tertiary alicyclic amines) is 1. The SMILES string of the molecule is Cc1ccc(CN2CC[C@@H](N3CCN(c4ccc(O)cn4)CC3C)C2=O)cc1. The number of nitrogens with zero attached hydrogens (tertiary/aromatic N) is 4. The van der Waals surface area contributed by atoms with Crippen LogP contribution in [0.2, 0.25) is 0 Å². The first-order valence-electron chi connectivity index (χ1n) is 10.0. The van der Waals surface area contributed by atoms with E-state index in [4.69, 9.17) is 0 Å². The van der Waals surface area contributed by atoms with Gasteiger partial charge in [-0.1, -0.05) is 29.8 Å². The normalized spacial score (nSPS) is 23.4. The molecule has 0 saturated carbocycles. The molecule has 148 valence electrons. The summed E-state index contributed by atoms with van der Waals surface area (Å²) in [5.41, 5.74) is 2.43. The van der Waals surface area contributed by atoms with Crippen molar-refractivity contribution in [3.05, 3.63) is 53.7 Å². The minimum Gasteiger partial charge on any atom is -0.506 e. The van der Waals surface area contributed by atoms with E-state index in [2.05, 4.69) is 52.9 Å². The third kappa shape index (κ3) is 3.83. The van der Waals surface area contributed by atoms with Gasteiger partial charge >= 0.3 is 0 Å². The molecule has 1 N–H and O–H groups in total. The molecule has 1 unspecified atom stereocenters. The van der Waals surface area contributed by atoms with E-state index in [1.54, 1.807) is 6.07 Å². The highest BCUT2D eigenvalue weighted by atomic mass is 16.3. The molecule has 28 heavy (non-hydrogen) atoms. The van der Waals surface area contributed by atoms with Crippen LogP contribution in [0.15, 0.2) is 42.6 Å². The van der Waals surface area contributed by atoms with E-state index in [9.17, 15) is 9.90 Å². The molecule has 1 aromatic carbocycles. The molecule has 2 atom stereocenters. The van der Waals surface area contributed by atoms with E-state index in [1.165, 1.54) is 17.3 Å². The van der Waals surface area contributed by atoms with Gasteiger partial charge in [-0.15, -0.1) is 0 Å². The Morgan fingerprint density at radius 2 is 1.89 bits per heavy atom. The number of piperazine rings is 1. The third-order valence-corrected chi connectivity index (χ3v) is 5.90. The Morgan fingerprint density at radius 1 is 1.11 bits per heavy atom. The summed E-state index contributed by atoms with van der Waals surface area (Å²) in [5, 5.41) is 9.43. The second-order valence-electron chi connectivity index (χ2n) is 7.96. The lowest BCUT2D eigenvalue weighted by molar-refractivity contribution is -0.133. The smallest absolute Gasteiger partial charge is 0.240 e. The Kier molecular flexibility index (Phi) is 5.22. The van der Waals surface area contributed by atoms with Crippen molar-refractivity contribution < 1.29 is 9.90 Å². The number of anilines is 1. The van der Waals surface area contributed by atoms with E-state index >= 15 is 0 Å². The van der Waals surface area contributed by atoms with Crippen LogP contribution < -0.4 is 4.90 Å². The average Bonchev–Trinajstić information content (AvgIpc) is 3.04. The summed E-state index contributed by atoms with van der Waals surface area (Å²) < 4.78 is 0. The molecular formula is C22H28N4O2. The van der Waals surface area contributed by atoms with Crippen molar-refractivity contribution in [3.8, 4) is 5.75 Å². The van der Waals surface area contributed by atoms with E-state index in [0.29, 0.717) is 6.54 Å². The summed E-state index contributed by atoms with van der Waals surface area (Å²) >= 11 is 0. The van der Waals surface area contributed by atoms with E-state index in [0.717, 1.165) is 38.4 Å². The van der Waals surface area contributed by atoms with Gasteiger partial charge in [0.25, 0.3) is 0 Å². The third-order valence-electron chi connectivity index (χ3n) is 5.90. The average molecular weight is 380 g/mol. The largest absolute Gasteiger partial charge is 0.506 e. The van der Waals surface area contributed by atoms with Gasteiger partial charge in [0.05, 0.1) is 12.2 Å². The molecule has 0 spiro atoms. The number of carbonyl (C=O) groups is 1. The van der Waals surface area contributed by atoms with E-state index in [1.807, 2.05) is 11.0 Å². The minimum atomic E-state index is -0.0182. The van der Waals surface area contributed by atoms with Crippen LogP contribution in [0.3, 0.4) is 0 Å². The molecule has 4 rings (SSSR count). The lowest BCUT2D eigenvalue weighted by atomic mass is 10.1. The molecule has 1 aromatic heterocycles. The number of aryl methyl sites for hydroxylation is 1. The molecule has 2 aromatic rings. The molecule has 2 aliphatic rings. The summed E-state index contributed by atoms with van der Waals surface area (Å²) in [4.78, 5) is 23.9. The molecular weight excluding hydrogens is 352 g/mol. The van der Waals surface area contributed by atoms with Gasteiger partial charge in [-0.2, -0.15) is 0 Å². The van der Waals surface area contributed by atoms with Gasteiger partial charge in [0, 0.05) is 38.8 Å². The van der Waals surface area contributed by atoms with E-state index in [-0.39, 0.29) is 23.7 Å². The number of carbonyl (C=O) groups excluding carboxylic acids is 1. The highest BCUT2D eigenvalue weighted by molar-refractivity contribution is 5.84. The topological polar surface area (TPSA) is 59.9 Å². The monoisotopic (exact) mass is 380 g/mol. The predicted molar refractivity (Wildman–Crippen MR) is 109 cm³/mol. The fourth-order valence-corrected chi connectivity index (χ4v) is 4.31. The van der Waals surface area contributed by atoms with Crippen molar-refractivity contribution in [1.82, 2.24) is 14.8 Å². The maximum Gasteiger partial charge on any atom is 0.240 e. The van der Waals surface area contributed by atoms with Crippen molar-refractivity contribution in [3.63, 3.8) is 0 Å². The van der Waals surface area contributed by atoms with Crippen molar-refractivity contribution in [2.75, 3.05) is 31.1 Å². The van der Waals surface area contributed by atoms with Gasteiger partial charge in [-0.3, -0.25) is 9.69 Å². The summed E-state index contributed by atoms with van der Waals surface area (Å²) in [5.74, 6) is 1.31. The van der Waals surface area contributed by atoms with Gasteiger partial charge in [0.15, 0.2) is 0 Å². The van der Waals surface area contributed by atoms with Gasteiger partial charge in [0.2, 0.25) is 5.91 Å². The van der Waals surface area contributed by atoms with Crippen LogP contribution in [0.25, 0.3) is 0 Å². The predicted octanol–water partition coefficient (Wildman–Crippen LogP) is 2.41. The quantitative estimate of drug-likeness (QED) is 0.883. The van der Waals surface area contributed by atoms with Crippen LogP contribution in [-0.2, 0) is 11.3 Å². The Bertz CT molecular complexity index is 821. The number of pyridine rings is 1. The number of amides is 1. The summed E-state index contributed by atoms with van der Waals surface area (Å²) in [7, 11) is 0. The number of hydrogen-bond acceptors (Lipinski definition) is 5. The second-order valence-corrected chi connectivity index (χ2v) is 7.96. The van der Waals surface area contributed by atoms with Crippen LogP contribution in [0.1, 0.15) is 24.5 Å². The molecule has 3 heterocycles. The zero-order valence-electron chi connectivity index (χ0n) is 16.6. The van der Waals surface area contributed by atoms with Crippen LogP contribution in [-0.4, -0.2) is 64.1 Å². The molecule has 0 radical (unpaired) electrons. The maximum atomic E-state index is 13.0. The fourth-order valence-electron chi connectivity index (χ4n) is 4.31. The lowest BCUT2D eigenvalue weighted by Crippen LogP contribution is -2.57. The first-order valence-corrected chi connectivity index (χ1v) is 10.0. The van der Waals surface area contributed by atoms with Crippen molar-refractivity contribution in [2.45, 2.75) is 38.9 Å². The number of aromatic nitrogens is 1. The van der Waals surface area contributed by atoms with Gasteiger partial charge in [-0.05, 0) is 38.0 Å². The Balaban J connectivity index is 1.37. The van der Waals surface area contributed by atoms with Crippen LogP contribution in [0, 0.1) is 6.92 Å². The Morgan fingerprint density at radius 3 is 2.57 bits per heavy atom. The maximum absolute atomic E-state index is 13.0. The van der Waals surface area contributed by atoms with Crippen LogP contribution in [0.5, 0.6) is 5.75 Å². The Labute approximate surface area is 166 Å². The first kappa shape index (κ1) is 18.7. The minimum absolute atomic E-state index is 0.0182. The highest BCUT2D eigenvalue weighted by Crippen LogP contribution is 2.25. The highest BCUT2D eigenvalue weighted by Gasteiger charge is 2.39. The molecule has 2 fully saturated rings. The summed E-state index contributed by atoms with van der Waals surface area (Å²) in [6.45, 7) is 8.30. The summed E-state index contributed by atoms with van der Waals surface area (Å²) in [6.07, 6.45) is 2.38. The molecule has 2 saturated heterocycles. The number of rotatable bonds is 4. The first-order chi connectivity index (χ1) is 13.5.